The van der Waals surface area contributed by atoms with Crippen molar-refractivity contribution in [2.75, 3.05) is 17.6 Å². The molecule has 0 aromatic carbocycles. The summed E-state index contributed by atoms with van der Waals surface area (Å²) in [5.74, 6) is 0.438. The van der Waals surface area contributed by atoms with Gasteiger partial charge in [0.15, 0.2) is 0 Å². The second kappa shape index (κ2) is 6.05. The molecular formula is C13H18N6O. The van der Waals surface area contributed by atoms with Crippen LogP contribution in [0.2, 0.25) is 0 Å². The van der Waals surface area contributed by atoms with Crippen LogP contribution in [0.4, 0.5) is 11.5 Å². The third kappa shape index (κ3) is 3.05. The number of pyridine rings is 1. The maximum absolute atomic E-state index is 11.7. The Kier molecular flexibility index (Phi) is 4.19. The molecule has 0 radical (unpaired) electrons. The minimum Gasteiger partial charge on any atom is -0.384 e. The quantitative estimate of drug-likeness (QED) is 0.747. The zero-order valence-corrected chi connectivity index (χ0v) is 11.6. The van der Waals surface area contributed by atoms with Gasteiger partial charge in [-0.2, -0.15) is 5.10 Å². The number of nitrogens with two attached hydrogens (primary N) is 1. The second-order valence-electron chi connectivity index (χ2n) is 4.32. The zero-order chi connectivity index (χ0) is 14.5. The number of carbonyl (C=O) groups excluding carboxylic acids is 1. The fraction of sp³-hybridized carbons (Fsp3) is 0.308. The van der Waals surface area contributed by atoms with E-state index in [-0.39, 0.29) is 5.91 Å². The molecular weight excluding hydrogens is 256 g/mol. The van der Waals surface area contributed by atoms with Crippen LogP contribution in [0.1, 0.15) is 23.0 Å². The van der Waals surface area contributed by atoms with E-state index in [1.54, 1.807) is 36.3 Å². The molecule has 2 aromatic rings. The van der Waals surface area contributed by atoms with E-state index < -0.39 is 0 Å². The first kappa shape index (κ1) is 13.9. The van der Waals surface area contributed by atoms with E-state index in [1.807, 2.05) is 6.92 Å². The van der Waals surface area contributed by atoms with Gasteiger partial charge in [-0.1, -0.05) is 0 Å². The van der Waals surface area contributed by atoms with E-state index in [9.17, 15) is 4.79 Å². The fourth-order valence-electron chi connectivity index (χ4n) is 1.74. The molecule has 2 heterocycles. The Hall–Kier alpha value is -2.57. The average molecular weight is 274 g/mol. The molecule has 0 saturated carbocycles. The lowest BCUT2D eigenvalue weighted by Gasteiger charge is -2.07. The van der Waals surface area contributed by atoms with Crippen molar-refractivity contribution < 1.29 is 4.79 Å². The Morgan fingerprint density at radius 3 is 2.95 bits per heavy atom. The van der Waals surface area contributed by atoms with E-state index in [0.717, 1.165) is 11.3 Å². The van der Waals surface area contributed by atoms with Crippen molar-refractivity contribution >= 4 is 17.4 Å². The number of hydrogen-bond donors (Lipinski definition) is 3. The van der Waals surface area contributed by atoms with Crippen molar-refractivity contribution in [1.82, 2.24) is 20.1 Å². The second-order valence-corrected chi connectivity index (χ2v) is 4.32. The van der Waals surface area contributed by atoms with E-state index in [1.165, 1.54) is 0 Å². The summed E-state index contributed by atoms with van der Waals surface area (Å²) in [7, 11) is 1.79. The number of hydrogen-bond acceptors (Lipinski definition) is 5. The number of nitrogen functional groups attached to an aromatic ring is 1. The van der Waals surface area contributed by atoms with Gasteiger partial charge < -0.3 is 16.4 Å². The van der Waals surface area contributed by atoms with Gasteiger partial charge in [-0.3, -0.25) is 14.5 Å². The van der Waals surface area contributed by atoms with Gasteiger partial charge in [0.2, 0.25) is 0 Å². The lowest BCUT2D eigenvalue weighted by molar-refractivity contribution is 0.0951. The smallest absolute Gasteiger partial charge is 0.269 e. The largest absolute Gasteiger partial charge is 0.384 e. The number of aryl methyl sites for hydroxylation is 1. The van der Waals surface area contributed by atoms with Gasteiger partial charge in [-0.25, -0.2) is 0 Å². The van der Waals surface area contributed by atoms with Crippen LogP contribution in [0.25, 0.3) is 0 Å². The number of nitrogens with zero attached hydrogens (tertiary/aromatic N) is 3. The normalized spacial score (nSPS) is 10.3. The van der Waals surface area contributed by atoms with Crippen LogP contribution in [-0.2, 0) is 13.6 Å². The molecule has 20 heavy (non-hydrogen) atoms. The van der Waals surface area contributed by atoms with E-state index >= 15 is 0 Å². The molecule has 7 heteroatoms. The van der Waals surface area contributed by atoms with Crippen molar-refractivity contribution in [1.29, 1.82) is 0 Å². The first-order valence-electron chi connectivity index (χ1n) is 6.36. The molecule has 1 amide bonds. The van der Waals surface area contributed by atoms with Crippen LogP contribution in [0.5, 0.6) is 0 Å². The first-order chi connectivity index (χ1) is 9.61. The summed E-state index contributed by atoms with van der Waals surface area (Å²) in [5, 5.41) is 9.99. The minimum absolute atomic E-state index is 0.183. The van der Waals surface area contributed by atoms with Gasteiger partial charge in [0.1, 0.15) is 11.5 Å². The number of nitrogens with one attached hydrogen (secondary N) is 2. The molecule has 0 unspecified atom stereocenters. The summed E-state index contributed by atoms with van der Waals surface area (Å²) in [6, 6.07) is 3.51. The summed E-state index contributed by atoms with van der Waals surface area (Å²) in [6.07, 6.45) is 3.31. The highest BCUT2D eigenvalue weighted by atomic mass is 16.1. The molecule has 106 valence electrons. The van der Waals surface area contributed by atoms with E-state index in [4.69, 9.17) is 5.73 Å². The number of anilines is 2. The first-order valence-corrected chi connectivity index (χ1v) is 6.36. The van der Waals surface area contributed by atoms with Gasteiger partial charge >= 0.3 is 0 Å². The highest BCUT2D eigenvalue weighted by molar-refractivity contribution is 5.93. The molecule has 0 bridgehead atoms. The van der Waals surface area contributed by atoms with Crippen LogP contribution in [0, 0.1) is 0 Å². The van der Waals surface area contributed by atoms with E-state index in [2.05, 4.69) is 20.7 Å². The van der Waals surface area contributed by atoms with Crippen LogP contribution in [0.3, 0.4) is 0 Å². The minimum atomic E-state index is -0.183. The Balaban J connectivity index is 2.05. The van der Waals surface area contributed by atoms with Crippen molar-refractivity contribution in [2.45, 2.75) is 13.5 Å². The average Bonchev–Trinajstić information content (AvgIpc) is 2.77. The molecule has 0 saturated heterocycles. The molecule has 0 aliphatic heterocycles. The Bertz CT molecular complexity index is 607. The fourth-order valence-corrected chi connectivity index (χ4v) is 1.74. The maximum atomic E-state index is 11.7. The summed E-state index contributed by atoms with van der Waals surface area (Å²) in [4.78, 5) is 15.7. The Labute approximate surface area is 117 Å². The summed E-state index contributed by atoms with van der Waals surface area (Å²) >= 11 is 0. The predicted octanol–water partition coefficient (Wildman–Crippen LogP) is 0.759. The van der Waals surface area contributed by atoms with E-state index in [0.29, 0.717) is 24.6 Å². The summed E-state index contributed by atoms with van der Waals surface area (Å²) in [6.45, 7) is 2.98. The molecule has 2 rings (SSSR count). The van der Waals surface area contributed by atoms with Crippen LogP contribution >= 0.6 is 0 Å². The highest BCUT2D eigenvalue weighted by Gasteiger charge is 2.07. The molecule has 2 aromatic heterocycles. The number of rotatable bonds is 5. The van der Waals surface area contributed by atoms with Crippen molar-refractivity contribution in [3.05, 3.63) is 35.8 Å². The lowest BCUT2D eigenvalue weighted by Crippen LogP contribution is -2.23. The number of carbonyl (C=O) groups is 1. The van der Waals surface area contributed by atoms with Gasteiger partial charge in [0.05, 0.1) is 6.20 Å². The molecule has 0 aliphatic rings. The molecule has 0 fully saturated rings. The van der Waals surface area contributed by atoms with Crippen LogP contribution in [-0.4, -0.2) is 27.2 Å². The zero-order valence-electron chi connectivity index (χ0n) is 11.6. The lowest BCUT2D eigenvalue weighted by atomic mass is 10.2. The van der Waals surface area contributed by atoms with Gasteiger partial charge in [-0.05, 0) is 19.1 Å². The van der Waals surface area contributed by atoms with Gasteiger partial charge in [0, 0.05) is 37.6 Å². The molecule has 0 aliphatic carbocycles. The third-order valence-electron chi connectivity index (χ3n) is 2.88. The monoisotopic (exact) mass is 274 g/mol. The van der Waals surface area contributed by atoms with Crippen LogP contribution in [0.15, 0.2) is 24.5 Å². The topological polar surface area (TPSA) is 97.9 Å². The SMILES string of the molecule is CCNC(=O)c1cc(NCc2cnn(C)c2N)ccn1. The van der Waals surface area contributed by atoms with Crippen molar-refractivity contribution in [2.24, 2.45) is 7.05 Å². The third-order valence-corrected chi connectivity index (χ3v) is 2.88. The Morgan fingerprint density at radius 2 is 2.30 bits per heavy atom. The van der Waals surface area contributed by atoms with Crippen LogP contribution < -0.4 is 16.4 Å². The number of amides is 1. The van der Waals surface area contributed by atoms with Crippen molar-refractivity contribution in [3.8, 4) is 0 Å². The number of aromatic nitrogens is 3. The predicted molar refractivity (Wildman–Crippen MR) is 77.2 cm³/mol. The standard InChI is InChI=1S/C13H18N6O/c1-3-15-13(20)11-6-10(4-5-16-11)17-7-9-8-18-19(2)12(9)14/h4-6,8H,3,7,14H2,1-2H3,(H,15,20)(H,16,17). The molecule has 0 spiro atoms. The Morgan fingerprint density at radius 1 is 1.50 bits per heavy atom. The molecule has 7 nitrogen and oxygen atoms in total. The van der Waals surface area contributed by atoms with Gasteiger partial charge in [-0.15, -0.1) is 0 Å². The summed E-state index contributed by atoms with van der Waals surface area (Å²) in [5.41, 5.74) is 7.97. The molecule has 0 atom stereocenters. The van der Waals surface area contributed by atoms with Gasteiger partial charge in [0.25, 0.3) is 5.91 Å². The molecule has 4 N–H and O–H groups in total. The van der Waals surface area contributed by atoms with Crippen molar-refractivity contribution in [3.63, 3.8) is 0 Å². The summed E-state index contributed by atoms with van der Waals surface area (Å²) < 4.78 is 1.61. The maximum Gasteiger partial charge on any atom is 0.269 e. The highest BCUT2D eigenvalue weighted by Crippen LogP contribution is 2.13.